The molecule has 1 aliphatic carbocycles. The summed E-state index contributed by atoms with van der Waals surface area (Å²) in [6, 6.07) is 8.66. The fourth-order valence-corrected chi connectivity index (χ4v) is 5.53. The molecule has 1 saturated heterocycles. The van der Waals surface area contributed by atoms with E-state index < -0.39 is 41.5 Å². The van der Waals surface area contributed by atoms with Crippen LogP contribution in [0.5, 0.6) is 0 Å². The van der Waals surface area contributed by atoms with E-state index in [4.69, 9.17) is 4.74 Å². The molecule has 1 fully saturated rings. The highest BCUT2D eigenvalue weighted by Gasteiger charge is 2.46. The Labute approximate surface area is 225 Å². The zero-order valence-electron chi connectivity index (χ0n) is 22.5. The minimum absolute atomic E-state index is 0.0670. The maximum Gasteiger partial charge on any atom is 0.132 e. The molecule has 0 bridgehead atoms. The van der Waals surface area contributed by atoms with Gasteiger partial charge < -0.3 is 30.3 Å². The molecule has 0 amide bonds. The van der Waals surface area contributed by atoms with Gasteiger partial charge in [0.2, 0.25) is 0 Å². The van der Waals surface area contributed by atoms with Crippen LogP contribution in [0.15, 0.2) is 47.6 Å². The Morgan fingerprint density at radius 1 is 1.05 bits per heavy atom. The summed E-state index contributed by atoms with van der Waals surface area (Å²) in [4.78, 5) is 0. The fourth-order valence-electron chi connectivity index (χ4n) is 4.85. The second-order valence-electron chi connectivity index (χ2n) is 11.1. The number of unbranched alkanes of at least 4 members (excludes halogenated alkanes) is 1. The Bertz CT molecular complexity index is 915. The molecule has 7 atom stereocenters. The van der Waals surface area contributed by atoms with Crippen molar-refractivity contribution in [2.24, 2.45) is 11.3 Å². The van der Waals surface area contributed by atoms with Crippen LogP contribution in [-0.4, -0.2) is 81.0 Å². The predicted octanol–water partition coefficient (Wildman–Crippen LogP) is 2.54. The van der Waals surface area contributed by atoms with Gasteiger partial charge >= 0.3 is 0 Å². The molecule has 1 heterocycles. The number of aliphatic hydroxyl groups is 5. The van der Waals surface area contributed by atoms with Gasteiger partial charge in [-0.05, 0) is 68.5 Å². The van der Waals surface area contributed by atoms with E-state index in [1.807, 2.05) is 20.1 Å². The van der Waals surface area contributed by atoms with Gasteiger partial charge in [-0.1, -0.05) is 55.8 Å². The van der Waals surface area contributed by atoms with Gasteiger partial charge in [-0.2, -0.15) is 0 Å². The molecule has 1 aromatic carbocycles. The normalized spacial score (nSPS) is 29.5. The number of nitrogens with one attached hydrogen (secondary N) is 1. The van der Waals surface area contributed by atoms with Gasteiger partial charge in [-0.25, -0.2) is 0 Å². The van der Waals surface area contributed by atoms with Crippen molar-refractivity contribution in [3.05, 3.63) is 58.7 Å². The van der Waals surface area contributed by atoms with Crippen molar-refractivity contribution < 1.29 is 30.3 Å². The van der Waals surface area contributed by atoms with Gasteiger partial charge in [0.25, 0.3) is 0 Å². The smallest absolute Gasteiger partial charge is 0.132 e. The minimum Gasteiger partial charge on any atom is -0.396 e. The molecule has 0 saturated carbocycles. The zero-order valence-corrected chi connectivity index (χ0v) is 23.3. The highest BCUT2D eigenvalue weighted by atomic mass is 32.2. The van der Waals surface area contributed by atoms with Gasteiger partial charge in [0.1, 0.15) is 30.0 Å². The number of rotatable bonds is 12. The summed E-state index contributed by atoms with van der Waals surface area (Å²) in [5.41, 5.74) is 3.77. The molecule has 1 aliphatic heterocycles. The predicted molar refractivity (Wildman–Crippen MR) is 148 cm³/mol. The molecular formula is C29H45NO6S. The number of aliphatic hydroxyl groups excluding tert-OH is 5. The third-order valence-corrected chi connectivity index (χ3v) is 8.53. The summed E-state index contributed by atoms with van der Waals surface area (Å²) in [6.45, 7) is 6.40. The lowest BCUT2D eigenvalue weighted by Crippen LogP contribution is -2.58. The first-order valence-electron chi connectivity index (χ1n) is 13.3. The Balaban J connectivity index is 1.52. The molecule has 8 heteroatoms. The Kier molecular flexibility index (Phi) is 11.2. The molecule has 0 spiro atoms. The van der Waals surface area contributed by atoms with E-state index in [1.54, 1.807) is 0 Å². The molecular weight excluding hydrogens is 490 g/mol. The van der Waals surface area contributed by atoms with E-state index in [9.17, 15) is 25.5 Å². The van der Waals surface area contributed by atoms with E-state index >= 15 is 0 Å². The summed E-state index contributed by atoms with van der Waals surface area (Å²) < 4.78 is 6.01. The summed E-state index contributed by atoms with van der Waals surface area (Å²) in [6.07, 6.45) is 5.83. The first kappa shape index (κ1) is 30.3. The quantitative estimate of drug-likeness (QED) is 0.178. The molecule has 37 heavy (non-hydrogen) atoms. The molecule has 2 aliphatic rings. The Morgan fingerprint density at radius 3 is 2.38 bits per heavy atom. The third kappa shape index (κ3) is 7.90. The largest absolute Gasteiger partial charge is 0.396 e. The van der Waals surface area contributed by atoms with Gasteiger partial charge in [0.15, 0.2) is 0 Å². The summed E-state index contributed by atoms with van der Waals surface area (Å²) in [5, 5.41) is 53.6. The lowest BCUT2D eigenvalue weighted by molar-refractivity contribution is -0.206. The number of hydrogen-bond donors (Lipinski definition) is 6. The lowest BCUT2D eigenvalue weighted by Gasteiger charge is -2.43. The van der Waals surface area contributed by atoms with Crippen LogP contribution >= 0.6 is 11.8 Å². The van der Waals surface area contributed by atoms with Crippen LogP contribution in [0.25, 0.3) is 0 Å². The highest BCUT2D eigenvalue weighted by Crippen LogP contribution is 2.36. The number of thioether (sulfide) groups is 1. The van der Waals surface area contributed by atoms with Crippen molar-refractivity contribution in [2.45, 2.75) is 89.0 Å². The topological polar surface area (TPSA) is 122 Å². The van der Waals surface area contributed by atoms with Gasteiger partial charge in [-0.15, -0.1) is 11.8 Å². The molecule has 3 rings (SSSR count). The number of aryl methyl sites for hydroxylation is 1. The zero-order chi connectivity index (χ0) is 27.2. The van der Waals surface area contributed by atoms with Crippen molar-refractivity contribution in [3.8, 4) is 0 Å². The lowest BCUT2D eigenvalue weighted by atomic mass is 9.81. The van der Waals surface area contributed by atoms with Crippen LogP contribution in [0.4, 0.5) is 0 Å². The number of allylic oxidation sites excluding steroid dienone is 3. The van der Waals surface area contributed by atoms with E-state index in [-0.39, 0.29) is 12.5 Å². The molecule has 0 radical (unpaired) electrons. The molecule has 4 unspecified atom stereocenters. The summed E-state index contributed by atoms with van der Waals surface area (Å²) in [5.74, 6) is -0.0696. The van der Waals surface area contributed by atoms with Crippen molar-refractivity contribution in [3.63, 3.8) is 0 Å². The molecule has 208 valence electrons. The van der Waals surface area contributed by atoms with Crippen molar-refractivity contribution in [1.29, 1.82) is 0 Å². The summed E-state index contributed by atoms with van der Waals surface area (Å²) >= 11 is 1.34. The summed E-state index contributed by atoms with van der Waals surface area (Å²) in [7, 11) is 0. The van der Waals surface area contributed by atoms with E-state index in [1.165, 1.54) is 34.0 Å². The Hall–Kier alpha value is -1.23. The first-order chi connectivity index (χ1) is 17.6. The van der Waals surface area contributed by atoms with Crippen LogP contribution in [0.1, 0.15) is 51.2 Å². The fraction of sp³-hybridized carbons (Fsp3) is 0.655. The molecule has 1 aromatic rings. The number of ether oxygens (including phenoxy) is 1. The van der Waals surface area contributed by atoms with Gasteiger partial charge in [-0.3, -0.25) is 5.32 Å². The van der Waals surface area contributed by atoms with Crippen molar-refractivity contribution in [1.82, 2.24) is 5.32 Å². The standard InChI is InChI=1S/C29H45NO6S/c1-18-8-13-21(26-24(33)23(32)25(34)27(36-26)37-4)16-22(18)15-20-11-9-19(10-12-20)7-5-6-14-30-28(35)29(2,3)17-31/h8-12,16,21,23-28,30-35H,5-7,13-15,17H2,1-4H3/t21?,23-,24?,25?,26+,27-,28?/m1/s1. The molecule has 7 nitrogen and oxygen atoms in total. The van der Waals surface area contributed by atoms with Gasteiger partial charge in [0.05, 0.1) is 12.7 Å². The van der Waals surface area contributed by atoms with Crippen LogP contribution in [-0.2, 0) is 17.6 Å². The Morgan fingerprint density at radius 2 is 1.73 bits per heavy atom. The third-order valence-electron chi connectivity index (χ3n) is 7.67. The monoisotopic (exact) mass is 535 g/mol. The van der Waals surface area contributed by atoms with E-state index in [0.717, 1.165) is 32.1 Å². The van der Waals surface area contributed by atoms with Crippen molar-refractivity contribution in [2.75, 3.05) is 19.4 Å². The van der Waals surface area contributed by atoms with E-state index in [0.29, 0.717) is 6.54 Å². The molecule has 0 aromatic heterocycles. The first-order valence-corrected chi connectivity index (χ1v) is 14.6. The maximum absolute atomic E-state index is 10.6. The van der Waals surface area contributed by atoms with Crippen LogP contribution in [0.2, 0.25) is 0 Å². The maximum atomic E-state index is 10.6. The van der Waals surface area contributed by atoms with Crippen LogP contribution in [0, 0.1) is 11.3 Å². The van der Waals surface area contributed by atoms with Crippen molar-refractivity contribution >= 4 is 11.8 Å². The molecule has 6 N–H and O–H groups in total. The average molecular weight is 536 g/mol. The highest BCUT2D eigenvalue weighted by molar-refractivity contribution is 7.99. The average Bonchev–Trinajstić information content (AvgIpc) is 2.89. The number of benzene rings is 1. The second-order valence-corrected chi connectivity index (χ2v) is 12.0. The van der Waals surface area contributed by atoms with Crippen LogP contribution < -0.4 is 5.32 Å². The number of hydrogen-bond acceptors (Lipinski definition) is 8. The SMILES string of the molecule is CS[C@H]1O[C@@H](C2C=C(Cc3ccc(CCCCNC(O)C(C)(C)CO)cc3)C(C)=CC2)C(O)[C@@H](O)C1O. The van der Waals surface area contributed by atoms with Gasteiger partial charge in [0, 0.05) is 11.3 Å². The van der Waals surface area contributed by atoms with E-state index in [2.05, 4.69) is 48.7 Å². The minimum atomic E-state index is -1.22. The second kappa shape index (κ2) is 13.7. The van der Waals surface area contributed by atoms with Crippen LogP contribution in [0.3, 0.4) is 0 Å².